The van der Waals surface area contributed by atoms with E-state index in [0.717, 1.165) is 10.0 Å². The van der Waals surface area contributed by atoms with Crippen LogP contribution < -0.4 is 5.32 Å². The minimum absolute atomic E-state index is 0.136. The quantitative estimate of drug-likeness (QED) is 0.869. The number of rotatable bonds is 4. The van der Waals surface area contributed by atoms with E-state index in [1.165, 1.54) is 24.0 Å². The summed E-state index contributed by atoms with van der Waals surface area (Å²) >= 11 is 1.46. The lowest BCUT2D eigenvalue weighted by atomic mass is 10.1. The van der Waals surface area contributed by atoms with Crippen molar-refractivity contribution < 1.29 is 9.53 Å². The Morgan fingerprint density at radius 2 is 2.05 bits per heavy atom. The molecule has 5 heteroatoms. The first kappa shape index (κ1) is 13.5. The summed E-state index contributed by atoms with van der Waals surface area (Å²) in [6.07, 6.45) is 0. The lowest BCUT2D eigenvalue weighted by molar-refractivity contribution is 0.0594. The van der Waals surface area contributed by atoms with E-state index in [1.54, 1.807) is 0 Å². The highest BCUT2D eigenvalue weighted by Gasteiger charge is 2.16. The fourth-order valence-electron chi connectivity index (χ4n) is 1.75. The summed E-state index contributed by atoms with van der Waals surface area (Å²) in [6, 6.07) is 10.2. The molecule has 2 rings (SSSR count). The van der Waals surface area contributed by atoms with Crippen LogP contribution >= 0.6 is 11.3 Å². The van der Waals surface area contributed by atoms with E-state index in [9.17, 15) is 4.79 Å². The zero-order valence-corrected chi connectivity index (χ0v) is 12.0. The highest BCUT2D eigenvalue weighted by Crippen LogP contribution is 2.26. The van der Waals surface area contributed by atoms with Crippen LogP contribution in [0.3, 0.4) is 0 Å². The second-order valence-corrected chi connectivity index (χ2v) is 5.40. The number of aromatic nitrogens is 1. The van der Waals surface area contributed by atoms with Gasteiger partial charge in [-0.2, -0.15) is 0 Å². The molecule has 0 saturated heterocycles. The number of nitrogens with zero attached hydrogens (tertiary/aromatic N) is 1. The fraction of sp³-hybridized carbons (Fsp3) is 0.286. The predicted octanol–water partition coefficient (Wildman–Crippen LogP) is 3.41. The van der Waals surface area contributed by atoms with Crippen LogP contribution in [-0.4, -0.2) is 18.1 Å². The van der Waals surface area contributed by atoms with E-state index in [0.29, 0.717) is 5.69 Å². The number of aryl methyl sites for hydroxylation is 1. The van der Waals surface area contributed by atoms with E-state index in [-0.39, 0.29) is 6.04 Å². The molecule has 0 fully saturated rings. The number of carbonyl (C=O) groups excluding carboxylic acids is 1. The third kappa shape index (κ3) is 3.12. The fourth-order valence-corrected chi connectivity index (χ4v) is 2.64. The lowest BCUT2D eigenvalue weighted by Crippen LogP contribution is -2.07. The molecule has 0 spiro atoms. The summed E-state index contributed by atoms with van der Waals surface area (Å²) in [5, 5.41) is 4.03. The largest absolute Gasteiger partial charge is 0.464 e. The molecule has 0 aliphatic heterocycles. The topological polar surface area (TPSA) is 51.2 Å². The number of hydrogen-bond acceptors (Lipinski definition) is 5. The summed E-state index contributed by atoms with van der Waals surface area (Å²) < 4.78 is 4.70. The summed E-state index contributed by atoms with van der Waals surface area (Å²) in [4.78, 5) is 16.6. The lowest BCUT2D eigenvalue weighted by Gasteiger charge is -2.12. The highest BCUT2D eigenvalue weighted by molar-refractivity contribution is 7.15. The molecule has 100 valence electrons. The molecule has 1 N–H and O–H groups in total. The molecule has 0 amide bonds. The van der Waals surface area contributed by atoms with Gasteiger partial charge >= 0.3 is 5.97 Å². The molecule has 1 aromatic heterocycles. The smallest absolute Gasteiger partial charge is 0.357 e. The third-order valence-corrected chi connectivity index (χ3v) is 3.72. The molecule has 4 nitrogen and oxygen atoms in total. The van der Waals surface area contributed by atoms with Gasteiger partial charge in [0.1, 0.15) is 0 Å². The zero-order valence-electron chi connectivity index (χ0n) is 11.1. The summed E-state index contributed by atoms with van der Waals surface area (Å²) in [5.41, 5.74) is 1.56. The van der Waals surface area contributed by atoms with Crippen LogP contribution in [0.4, 0.5) is 5.13 Å². The Hall–Kier alpha value is -1.88. The van der Waals surface area contributed by atoms with Gasteiger partial charge in [-0.25, -0.2) is 9.78 Å². The van der Waals surface area contributed by atoms with Crippen LogP contribution in [0.5, 0.6) is 0 Å². The number of anilines is 1. The molecule has 1 unspecified atom stereocenters. The maximum atomic E-state index is 11.5. The minimum Gasteiger partial charge on any atom is -0.464 e. The van der Waals surface area contributed by atoms with E-state index in [1.807, 2.05) is 25.1 Å². The molecule has 0 aliphatic rings. The van der Waals surface area contributed by atoms with Gasteiger partial charge in [0, 0.05) is 4.88 Å². The van der Waals surface area contributed by atoms with Crippen LogP contribution in [0, 0.1) is 6.92 Å². The van der Waals surface area contributed by atoms with Gasteiger partial charge in [0.15, 0.2) is 10.8 Å². The monoisotopic (exact) mass is 276 g/mol. The number of thiazole rings is 1. The molecule has 1 aromatic carbocycles. The van der Waals surface area contributed by atoms with E-state index >= 15 is 0 Å². The van der Waals surface area contributed by atoms with Crippen molar-refractivity contribution in [3.63, 3.8) is 0 Å². The Morgan fingerprint density at radius 3 is 2.68 bits per heavy atom. The molecule has 0 aliphatic carbocycles. The Kier molecular flexibility index (Phi) is 4.16. The van der Waals surface area contributed by atoms with Crippen molar-refractivity contribution in [2.45, 2.75) is 19.9 Å². The maximum absolute atomic E-state index is 11.5. The second kappa shape index (κ2) is 5.84. The average molecular weight is 276 g/mol. The standard InChI is InChI=1S/C14H16N2O2S/c1-9(11-7-5-4-6-8-11)15-14-16-12(10(2)19-14)13(17)18-3/h4-9H,1-3H3,(H,15,16). The van der Waals surface area contributed by atoms with E-state index in [2.05, 4.69) is 29.4 Å². The third-order valence-electron chi connectivity index (χ3n) is 2.81. The predicted molar refractivity (Wildman–Crippen MR) is 76.7 cm³/mol. The molecule has 0 saturated carbocycles. The van der Waals surface area contributed by atoms with Crippen LogP contribution in [-0.2, 0) is 4.74 Å². The summed E-state index contributed by atoms with van der Waals surface area (Å²) in [6.45, 7) is 3.92. The van der Waals surface area contributed by atoms with Crippen molar-refractivity contribution in [3.05, 3.63) is 46.5 Å². The van der Waals surface area contributed by atoms with Crippen molar-refractivity contribution in [2.24, 2.45) is 0 Å². The van der Waals surface area contributed by atoms with Gasteiger partial charge in [-0.1, -0.05) is 30.3 Å². The number of esters is 1. The number of hydrogen-bond donors (Lipinski definition) is 1. The van der Waals surface area contributed by atoms with E-state index < -0.39 is 5.97 Å². The number of benzene rings is 1. The van der Waals surface area contributed by atoms with Crippen LogP contribution in [0.15, 0.2) is 30.3 Å². The second-order valence-electron chi connectivity index (χ2n) is 4.19. The van der Waals surface area contributed by atoms with E-state index in [4.69, 9.17) is 4.74 Å². The van der Waals surface area contributed by atoms with Gasteiger partial charge in [0.2, 0.25) is 0 Å². The minimum atomic E-state index is -0.394. The van der Waals surface area contributed by atoms with Gasteiger partial charge in [-0.3, -0.25) is 0 Å². The number of ether oxygens (including phenoxy) is 1. The summed E-state index contributed by atoms with van der Waals surface area (Å²) in [7, 11) is 1.36. The first-order valence-corrected chi connectivity index (χ1v) is 6.80. The van der Waals surface area contributed by atoms with Gasteiger partial charge < -0.3 is 10.1 Å². The van der Waals surface area contributed by atoms with Crippen LogP contribution in [0.2, 0.25) is 0 Å². The molecule has 2 aromatic rings. The Labute approximate surface area is 116 Å². The molecule has 0 radical (unpaired) electrons. The van der Waals surface area contributed by atoms with Crippen molar-refractivity contribution in [2.75, 3.05) is 12.4 Å². The number of carbonyl (C=O) groups is 1. The van der Waals surface area contributed by atoms with Gasteiger partial charge in [0.05, 0.1) is 13.2 Å². The SMILES string of the molecule is COC(=O)c1nc(NC(C)c2ccccc2)sc1C. The normalized spacial score (nSPS) is 11.9. The van der Waals surface area contributed by atoms with Crippen molar-refractivity contribution in [1.82, 2.24) is 4.98 Å². The first-order chi connectivity index (χ1) is 9.11. The number of nitrogens with one attached hydrogen (secondary N) is 1. The highest BCUT2D eigenvalue weighted by atomic mass is 32.1. The van der Waals surface area contributed by atoms with Crippen LogP contribution in [0.1, 0.15) is 33.9 Å². The molecule has 1 atom stereocenters. The maximum Gasteiger partial charge on any atom is 0.357 e. The Morgan fingerprint density at radius 1 is 1.37 bits per heavy atom. The number of methoxy groups -OCH3 is 1. The molecule has 0 bridgehead atoms. The molecule has 1 heterocycles. The average Bonchev–Trinajstić information content (AvgIpc) is 2.79. The van der Waals surface area contributed by atoms with Gasteiger partial charge in [0.25, 0.3) is 0 Å². The zero-order chi connectivity index (χ0) is 13.8. The molecular formula is C14H16N2O2S. The van der Waals surface area contributed by atoms with Crippen molar-refractivity contribution >= 4 is 22.4 Å². The van der Waals surface area contributed by atoms with Crippen molar-refractivity contribution in [3.8, 4) is 0 Å². The first-order valence-electron chi connectivity index (χ1n) is 5.99. The molecule has 19 heavy (non-hydrogen) atoms. The molecular weight excluding hydrogens is 260 g/mol. The summed E-state index contributed by atoms with van der Waals surface area (Å²) in [5.74, 6) is -0.394. The van der Waals surface area contributed by atoms with Gasteiger partial charge in [-0.05, 0) is 19.4 Å². The Balaban J connectivity index is 2.14. The van der Waals surface area contributed by atoms with Crippen LogP contribution in [0.25, 0.3) is 0 Å². The Bertz CT molecular complexity index is 566. The van der Waals surface area contributed by atoms with Gasteiger partial charge in [-0.15, -0.1) is 11.3 Å². The van der Waals surface area contributed by atoms with Crippen molar-refractivity contribution in [1.29, 1.82) is 0 Å².